The van der Waals surface area contributed by atoms with E-state index in [4.69, 9.17) is 11.6 Å². The molecule has 9 heteroatoms. The van der Waals surface area contributed by atoms with Crippen molar-refractivity contribution in [3.05, 3.63) is 76.4 Å². The van der Waals surface area contributed by atoms with E-state index in [9.17, 15) is 18.0 Å². The van der Waals surface area contributed by atoms with Gasteiger partial charge in [0.1, 0.15) is 5.69 Å². The van der Waals surface area contributed by atoms with Crippen LogP contribution in [-0.4, -0.2) is 22.3 Å². The van der Waals surface area contributed by atoms with Crippen LogP contribution in [0.15, 0.2) is 59.7 Å². The third-order valence-corrected chi connectivity index (χ3v) is 3.85. The van der Waals surface area contributed by atoms with Crippen LogP contribution in [-0.2, 0) is 6.18 Å². The molecule has 1 amide bonds. The largest absolute Gasteiger partial charge is 0.417 e. The summed E-state index contributed by atoms with van der Waals surface area (Å²) in [4.78, 5) is 12.1. The van der Waals surface area contributed by atoms with Crippen molar-refractivity contribution in [2.24, 2.45) is 5.10 Å². The van der Waals surface area contributed by atoms with Crippen LogP contribution < -0.4 is 5.43 Å². The van der Waals surface area contributed by atoms with E-state index in [1.807, 2.05) is 0 Å². The Morgan fingerprint density at radius 2 is 1.85 bits per heavy atom. The van der Waals surface area contributed by atoms with Gasteiger partial charge in [0.05, 0.1) is 17.5 Å². The van der Waals surface area contributed by atoms with Crippen molar-refractivity contribution < 1.29 is 18.0 Å². The molecule has 0 spiro atoms. The minimum Gasteiger partial charge on any atom is -0.272 e. The number of alkyl halides is 3. The van der Waals surface area contributed by atoms with Crippen molar-refractivity contribution in [3.8, 4) is 11.3 Å². The molecule has 0 atom stereocenters. The fraction of sp³-hybridized carbons (Fsp3) is 0.0556. The minimum absolute atomic E-state index is 0.112. The second kappa shape index (κ2) is 7.63. The third-order valence-electron chi connectivity index (χ3n) is 3.60. The van der Waals surface area contributed by atoms with Crippen molar-refractivity contribution in [1.82, 2.24) is 15.6 Å². The van der Waals surface area contributed by atoms with Gasteiger partial charge in [0.25, 0.3) is 5.91 Å². The molecular formula is C18H12ClF3N4O. The summed E-state index contributed by atoms with van der Waals surface area (Å²) < 4.78 is 38.8. The zero-order valence-electron chi connectivity index (χ0n) is 13.6. The van der Waals surface area contributed by atoms with E-state index in [1.54, 1.807) is 24.3 Å². The molecule has 27 heavy (non-hydrogen) atoms. The number of hydrazone groups is 1. The lowest BCUT2D eigenvalue weighted by Gasteiger charge is -2.09. The number of nitrogens with zero attached hydrogens (tertiary/aromatic N) is 2. The quantitative estimate of drug-likeness (QED) is 0.506. The van der Waals surface area contributed by atoms with Crippen LogP contribution in [0.2, 0.25) is 5.02 Å². The van der Waals surface area contributed by atoms with Gasteiger partial charge < -0.3 is 0 Å². The van der Waals surface area contributed by atoms with Crippen LogP contribution in [0.4, 0.5) is 13.2 Å². The van der Waals surface area contributed by atoms with Gasteiger partial charge in [-0.1, -0.05) is 41.9 Å². The Labute approximate surface area is 156 Å². The molecule has 3 rings (SSSR count). The van der Waals surface area contributed by atoms with Gasteiger partial charge >= 0.3 is 6.18 Å². The van der Waals surface area contributed by atoms with Gasteiger partial charge in [-0.25, -0.2) is 5.43 Å². The molecule has 2 aromatic carbocycles. The number of amides is 1. The molecule has 1 aromatic heterocycles. The van der Waals surface area contributed by atoms with Crippen LogP contribution in [0.25, 0.3) is 11.3 Å². The van der Waals surface area contributed by atoms with Gasteiger partial charge in [-0.15, -0.1) is 0 Å². The summed E-state index contributed by atoms with van der Waals surface area (Å²) in [6, 6.07) is 13.3. The lowest BCUT2D eigenvalue weighted by atomic mass is 10.1. The zero-order chi connectivity index (χ0) is 19.4. The van der Waals surface area contributed by atoms with E-state index in [0.29, 0.717) is 10.7 Å². The smallest absolute Gasteiger partial charge is 0.272 e. The number of aromatic amines is 1. The van der Waals surface area contributed by atoms with Gasteiger partial charge in [-0.2, -0.15) is 23.4 Å². The fourth-order valence-electron chi connectivity index (χ4n) is 2.29. The molecule has 0 aliphatic heterocycles. The Morgan fingerprint density at radius 3 is 2.56 bits per heavy atom. The molecule has 2 N–H and O–H groups in total. The maximum Gasteiger partial charge on any atom is 0.417 e. The van der Waals surface area contributed by atoms with Crippen LogP contribution in [0.3, 0.4) is 0 Å². The molecule has 0 fully saturated rings. The van der Waals surface area contributed by atoms with Crippen molar-refractivity contribution in [3.63, 3.8) is 0 Å². The summed E-state index contributed by atoms with van der Waals surface area (Å²) in [5, 5.41) is 10.7. The lowest BCUT2D eigenvalue weighted by molar-refractivity contribution is -0.137. The predicted molar refractivity (Wildman–Crippen MR) is 95.5 cm³/mol. The van der Waals surface area contributed by atoms with Crippen LogP contribution >= 0.6 is 11.6 Å². The van der Waals surface area contributed by atoms with E-state index in [-0.39, 0.29) is 11.3 Å². The van der Waals surface area contributed by atoms with Gasteiger partial charge in [-0.05, 0) is 24.3 Å². The first-order valence-corrected chi connectivity index (χ1v) is 8.03. The molecule has 3 aromatic rings. The summed E-state index contributed by atoms with van der Waals surface area (Å²) in [5.41, 5.74) is 2.55. The second-order valence-electron chi connectivity index (χ2n) is 5.46. The number of carbonyl (C=O) groups is 1. The number of rotatable bonds is 4. The Hall–Kier alpha value is -3.13. The topological polar surface area (TPSA) is 70.1 Å². The summed E-state index contributed by atoms with van der Waals surface area (Å²) >= 11 is 5.82. The average molecular weight is 393 g/mol. The van der Waals surface area contributed by atoms with E-state index in [0.717, 1.165) is 17.8 Å². The summed E-state index contributed by atoms with van der Waals surface area (Å²) in [7, 11) is 0. The van der Waals surface area contributed by atoms with Crippen molar-refractivity contribution in [2.75, 3.05) is 0 Å². The Balaban J connectivity index is 1.70. The summed E-state index contributed by atoms with van der Waals surface area (Å²) in [6.45, 7) is 0. The fourth-order valence-corrected chi connectivity index (χ4v) is 2.42. The maximum absolute atomic E-state index is 12.9. The Kier molecular flexibility index (Phi) is 5.27. The highest BCUT2D eigenvalue weighted by Gasteiger charge is 2.32. The molecule has 0 aliphatic carbocycles. The SMILES string of the molecule is O=C(NN=Cc1ccccc1C(F)(F)F)c1cc(-c2ccc(Cl)cc2)n[nH]1. The molecule has 1 heterocycles. The van der Waals surface area contributed by atoms with Crippen LogP contribution in [0.1, 0.15) is 21.6 Å². The van der Waals surface area contributed by atoms with E-state index in [2.05, 4.69) is 20.7 Å². The minimum atomic E-state index is -4.51. The first kappa shape index (κ1) is 18.7. The highest BCUT2D eigenvalue weighted by molar-refractivity contribution is 6.30. The maximum atomic E-state index is 12.9. The Bertz CT molecular complexity index is 981. The standard InChI is InChI=1S/C18H12ClF3N4O/c19-13-7-5-11(6-8-13)15-9-16(25-24-15)17(27)26-23-10-12-3-1-2-4-14(12)18(20,21)22/h1-10H,(H,24,25)(H,26,27). The summed E-state index contributed by atoms with van der Waals surface area (Å²) in [5.74, 6) is -0.636. The monoisotopic (exact) mass is 392 g/mol. The van der Waals surface area contributed by atoms with Gasteiger partial charge in [0.2, 0.25) is 0 Å². The number of hydrogen-bond donors (Lipinski definition) is 2. The molecule has 0 unspecified atom stereocenters. The highest BCUT2D eigenvalue weighted by Crippen LogP contribution is 2.31. The normalized spacial score (nSPS) is 11.7. The number of nitrogens with one attached hydrogen (secondary N) is 2. The molecule has 0 aliphatic rings. The highest BCUT2D eigenvalue weighted by atomic mass is 35.5. The molecule has 0 bridgehead atoms. The number of hydrogen-bond acceptors (Lipinski definition) is 3. The number of aromatic nitrogens is 2. The van der Waals surface area contributed by atoms with Crippen LogP contribution in [0, 0.1) is 0 Å². The van der Waals surface area contributed by atoms with Crippen molar-refractivity contribution >= 4 is 23.7 Å². The van der Waals surface area contributed by atoms with Gasteiger partial charge in [-0.3, -0.25) is 9.89 Å². The van der Waals surface area contributed by atoms with Crippen molar-refractivity contribution in [2.45, 2.75) is 6.18 Å². The lowest BCUT2D eigenvalue weighted by Crippen LogP contribution is -2.18. The molecule has 138 valence electrons. The van der Waals surface area contributed by atoms with Crippen molar-refractivity contribution in [1.29, 1.82) is 0 Å². The number of H-pyrrole nitrogens is 1. The van der Waals surface area contributed by atoms with E-state index < -0.39 is 17.6 Å². The first-order valence-electron chi connectivity index (χ1n) is 7.65. The summed E-state index contributed by atoms with van der Waals surface area (Å²) in [6.07, 6.45) is -3.57. The average Bonchev–Trinajstić information content (AvgIpc) is 3.12. The molecule has 0 radical (unpaired) electrons. The molecular weight excluding hydrogens is 381 g/mol. The number of halogens is 4. The third kappa shape index (κ3) is 4.53. The molecule has 0 saturated carbocycles. The van der Waals surface area contributed by atoms with Gasteiger partial charge in [0.15, 0.2) is 0 Å². The van der Waals surface area contributed by atoms with E-state index >= 15 is 0 Å². The Morgan fingerprint density at radius 1 is 1.15 bits per heavy atom. The van der Waals surface area contributed by atoms with E-state index in [1.165, 1.54) is 24.3 Å². The first-order chi connectivity index (χ1) is 12.8. The predicted octanol–water partition coefficient (Wildman–Crippen LogP) is 4.51. The molecule has 0 saturated heterocycles. The second-order valence-corrected chi connectivity index (χ2v) is 5.89. The zero-order valence-corrected chi connectivity index (χ0v) is 14.3. The van der Waals surface area contributed by atoms with Crippen LogP contribution in [0.5, 0.6) is 0 Å². The number of benzene rings is 2. The molecule has 5 nitrogen and oxygen atoms in total. The number of carbonyl (C=O) groups excluding carboxylic acids is 1. The van der Waals surface area contributed by atoms with Gasteiger partial charge in [0, 0.05) is 16.1 Å².